The Hall–Kier alpha value is -0.730. The van der Waals surface area contributed by atoms with E-state index in [0.717, 1.165) is 12.8 Å². The minimum atomic E-state index is -0.410. The van der Waals surface area contributed by atoms with Crippen LogP contribution in [0.4, 0.5) is 4.79 Å². The summed E-state index contributed by atoms with van der Waals surface area (Å²) in [5.74, 6) is 0. The van der Waals surface area contributed by atoms with Gasteiger partial charge in [0.05, 0.1) is 0 Å². The Morgan fingerprint density at radius 3 is 2.40 bits per heavy atom. The quantitative estimate of drug-likeness (QED) is 0.713. The van der Waals surface area contributed by atoms with Gasteiger partial charge in [0.2, 0.25) is 0 Å². The molecule has 0 aliphatic carbocycles. The molecule has 3 heteroatoms. The molecule has 0 aromatic carbocycles. The summed E-state index contributed by atoms with van der Waals surface area (Å²) in [7, 11) is 0. The van der Waals surface area contributed by atoms with Crippen LogP contribution in [0.15, 0.2) is 0 Å². The molecule has 3 nitrogen and oxygen atoms in total. The molecule has 0 aromatic rings. The standard InChI is InChI=1S/C12H25NO2/c1-6-7-8-9-10(2)13-11(14)15-12(3,4)5/h10H,6-9H2,1-5H3,(H,13,14). The zero-order valence-corrected chi connectivity index (χ0v) is 10.7. The third-order valence-electron chi connectivity index (χ3n) is 2.00. The molecule has 0 saturated heterocycles. The Labute approximate surface area is 93.6 Å². The van der Waals surface area contributed by atoms with Crippen LogP contribution in [0.5, 0.6) is 0 Å². The second-order valence-corrected chi connectivity index (χ2v) is 5.04. The monoisotopic (exact) mass is 215 g/mol. The van der Waals surface area contributed by atoms with Crippen molar-refractivity contribution in [3.8, 4) is 0 Å². The van der Waals surface area contributed by atoms with E-state index in [9.17, 15) is 4.79 Å². The van der Waals surface area contributed by atoms with Gasteiger partial charge in [-0.2, -0.15) is 0 Å². The number of amides is 1. The minimum Gasteiger partial charge on any atom is -0.444 e. The molecule has 1 amide bonds. The molecule has 0 radical (unpaired) electrons. The summed E-state index contributed by atoms with van der Waals surface area (Å²) in [6.07, 6.45) is 4.30. The molecule has 0 saturated carbocycles. The lowest BCUT2D eigenvalue weighted by atomic mass is 10.1. The van der Waals surface area contributed by atoms with Crippen molar-refractivity contribution in [2.24, 2.45) is 0 Å². The average Bonchev–Trinajstić information content (AvgIpc) is 2.00. The first-order valence-corrected chi connectivity index (χ1v) is 5.84. The highest BCUT2D eigenvalue weighted by Crippen LogP contribution is 2.08. The Morgan fingerprint density at radius 1 is 1.33 bits per heavy atom. The lowest BCUT2D eigenvalue weighted by Gasteiger charge is -2.21. The largest absolute Gasteiger partial charge is 0.444 e. The van der Waals surface area contributed by atoms with Crippen LogP contribution in [-0.4, -0.2) is 17.7 Å². The number of carbonyl (C=O) groups excluding carboxylic acids is 1. The van der Waals surface area contributed by atoms with Gasteiger partial charge in [0.15, 0.2) is 0 Å². The fraction of sp³-hybridized carbons (Fsp3) is 0.917. The van der Waals surface area contributed by atoms with Crippen molar-refractivity contribution in [3.05, 3.63) is 0 Å². The van der Waals surface area contributed by atoms with Gasteiger partial charge in [0.25, 0.3) is 0 Å². The topological polar surface area (TPSA) is 38.3 Å². The van der Waals surface area contributed by atoms with Crippen LogP contribution >= 0.6 is 0 Å². The third-order valence-corrected chi connectivity index (χ3v) is 2.00. The van der Waals surface area contributed by atoms with Crippen LogP contribution in [0.3, 0.4) is 0 Å². The van der Waals surface area contributed by atoms with Crippen molar-refractivity contribution in [2.75, 3.05) is 0 Å². The molecule has 90 valence electrons. The fourth-order valence-corrected chi connectivity index (χ4v) is 1.28. The van der Waals surface area contributed by atoms with Crippen LogP contribution < -0.4 is 5.32 Å². The van der Waals surface area contributed by atoms with Crippen LogP contribution in [0.25, 0.3) is 0 Å². The number of carbonyl (C=O) groups is 1. The van der Waals surface area contributed by atoms with Crippen molar-refractivity contribution in [1.29, 1.82) is 0 Å². The third kappa shape index (κ3) is 9.57. The van der Waals surface area contributed by atoms with Gasteiger partial charge in [-0.3, -0.25) is 0 Å². The summed E-state index contributed by atoms with van der Waals surface area (Å²) >= 11 is 0. The van der Waals surface area contributed by atoms with E-state index in [1.165, 1.54) is 12.8 Å². The number of rotatable bonds is 5. The molecule has 1 N–H and O–H groups in total. The van der Waals surface area contributed by atoms with Gasteiger partial charge in [-0.25, -0.2) is 4.79 Å². The summed E-state index contributed by atoms with van der Waals surface area (Å²) in [6, 6.07) is 0.200. The van der Waals surface area contributed by atoms with Gasteiger partial charge in [-0.05, 0) is 34.1 Å². The van der Waals surface area contributed by atoms with Crippen LogP contribution in [0.1, 0.15) is 60.3 Å². The molecule has 0 heterocycles. The summed E-state index contributed by atoms with van der Waals surface area (Å²) in [5.41, 5.74) is -0.410. The van der Waals surface area contributed by atoms with Crippen LogP contribution in [0.2, 0.25) is 0 Å². The average molecular weight is 215 g/mol. The number of alkyl carbamates (subject to hydrolysis) is 1. The minimum absolute atomic E-state index is 0.200. The van der Waals surface area contributed by atoms with E-state index < -0.39 is 5.60 Å². The van der Waals surface area contributed by atoms with Gasteiger partial charge in [-0.1, -0.05) is 26.2 Å². The highest BCUT2D eigenvalue weighted by Gasteiger charge is 2.17. The van der Waals surface area contributed by atoms with Gasteiger partial charge in [0.1, 0.15) is 5.60 Å². The maximum atomic E-state index is 11.4. The summed E-state index contributed by atoms with van der Waals surface area (Å²) in [4.78, 5) is 11.4. The number of hydrogen-bond acceptors (Lipinski definition) is 2. The van der Waals surface area contributed by atoms with Crippen molar-refractivity contribution in [2.45, 2.75) is 71.9 Å². The predicted octanol–water partition coefficient (Wildman–Crippen LogP) is 3.48. The molecule has 0 aliphatic heterocycles. The molecule has 0 aliphatic rings. The maximum absolute atomic E-state index is 11.4. The first-order valence-electron chi connectivity index (χ1n) is 5.84. The second-order valence-electron chi connectivity index (χ2n) is 5.04. The zero-order chi connectivity index (χ0) is 11.9. The SMILES string of the molecule is CCCCCC(C)NC(=O)OC(C)(C)C. The van der Waals surface area contributed by atoms with E-state index in [1.807, 2.05) is 27.7 Å². The summed E-state index contributed by atoms with van der Waals surface area (Å²) in [6.45, 7) is 9.79. The summed E-state index contributed by atoms with van der Waals surface area (Å²) < 4.78 is 5.16. The smallest absolute Gasteiger partial charge is 0.407 e. The van der Waals surface area contributed by atoms with Crippen LogP contribution in [-0.2, 0) is 4.74 Å². The first kappa shape index (κ1) is 14.3. The number of nitrogens with one attached hydrogen (secondary N) is 1. The van der Waals surface area contributed by atoms with Crippen molar-refractivity contribution >= 4 is 6.09 Å². The Bertz CT molecular complexity index is 185. The molecule has 15 heavy (non-hydrogen) atoms. The molecule has 1 unspecified atom stereocenters. The van der Waals surface area contributed by atoms with E-state index in [2.05, 4.69) is 12.2 Å². The Kier molecular flexibility index (Phi) is 6.37. The van der Waals surface area contributed by atoms with Gasteiger partial charge >= 0.3 is 6.09 Å². The summed E-state index contributed by atoms with van der Waals surface area (Å²) in [5, 5.41) is 2.83. The lowest BCUT2D eigenvalue weighted by molar-refractivity contribution is 0.0506. The van der Waals surface area contributed by atoms with Crippen molar-refractivity contribution < 1.29 is 9.53 Å². The van der Waals surface area contributed by atoms with Crippen molar-refractivity contribution in [3.63, 3.8) is 0 Å². The maximum Gasteiger partial charge on any atom is 0.407 e. The molecule has 1 atom stereocenters. The molecular formula is C12H25NO2. The van der Waals surface area contributed by atoms with E-state index in [1.54, 1.807) is 0 Å². The van der Waals surface area contributed by atoms with Crippen LogP contribution in [0, 0.1) is 0 Å². The predicted molar refractivity (Wildman–Crippen MR) is 63.0 cm³/mol. The molecule has 0 spiro atoms. The normalized spacial score (nSPS) is 13.4. The highest BCUT2D eigenvalue weighted by atomic mass is 16.6. The first-order chi connectivity index (χ1) is 6.85. The Balaban J connectivity index is 3.67. The Morgan fingerprint density at radius 2 is 1.93 bits per heavy atom. The molecule has 0 rings (SSSR count). The zero-order valence-electron chi connectivity index (χ0n) is 10.7. The second kappa shape index (κ2) is 6.70. The molecular weight excluding hydrogens is 190 g/mol. The fourth-order valence-electron chi connectivity index (χ4n) is 1.28. The van der Waals surface area contributed by atoms with Crippen molar-refractivity contribution in [1.82, 2.24) is 5.32 Å². The van der Waals surface area contributed by atoms with Gasteiger partial charge < -0.3 is 10.1 Å². The molecule has 0 fully saturated rings. The van der Waals surface area contributed by atoms with E-state index in [0.29, 0.717) is 0 Å². The highest BCUT2D eigenvalue weighted by molar-refractivity contribution is 5.67. The van der Waals surface area contributed by atoms with E-state index in [4.69, 9.17) is 4.74 Å². The van der Waals surface area contributed by atoms with Gasteiger partial charge in [-0.15, -0.1) is 0 Å². The number of hydrogen-bond donors (Lipinski definition) is 1. The lowest BCUT2D eigenvalue weighted by Crippen LogP contribution is -2.37. The van der Waals surface area contributed by atoms with E-state index in [-0.39, 0.29) is 12.1 Å². The van der Waals surface area contributed by atoms with Gasteiger partial charge in [0, 0.05) is 6.04 Å². The molecule has 0 bridgehead atoms. The van der Waals surface area contributed by atoms with E-state index >= 15 is 0 Å². The molecule has 0 aromatic heterocycles. The number of unbranched alkanes of at least 4 members (excludes halogenated alkanes) is 2. The number of ether oxygens (including phenoxy) is 1.